The highest BCUT2D eigenvalue weighted by atomic mass is 19.1. The molecule has 0 aromatic carbocycles. The van der Waals surface area contributed by atoms with Crippen molar-refractivity contribution in [1.82, 2.24) is 29.5 Å². The molecule has 0 N–H and O–H groups in total. The zero-order chi connectivity index (χ0) is 20.2. The summed E-state index contributed by atoms with van der Waals surface area (Å²) in [4.78, 5) is 28.5. The lowest BCUT2D eigenvalue weighted by atomic mass is 10.0. The van der Waals surface area contributed by atoms with Gasteiger partial charge in [-0.1, -0.05) is 12.2 Å². The molecule has 1 amide bonds. The molecular weight excluding hydrogens is 373 g/mol. The molecular formula is C20H22FN7O. The maximum Gasteiger partial charge on any atom is 0.226 e. The van der Waals surface area contributed by atoms with E-state index in [0.29, 0.717) is 25.5 Å². The minimum absolute atomic E-state index is 0.00349. The lowest BCUT2D eigenvalue weighted by Crippen LogP contribution is -2.35. The number of allylic oxidation sites excluding steroid dienone is 1. The van der Waals surface area contributed by atoms with Gasteiger partial charge in [-0.2, -0.15) is 5.10 Å². The molecule has 9 heteroatoms. The van der Waals surface area contributed by atoms with Crippen molar-refractivity contribution >= 4 is 23.6 Å². The third-order valence-electron chi connectivity index (χ3n) is 5.11. The Hall–Kier alpha value is -3.36. The number of nitrogens with zero attached hydrogens (tertiary/aromatic N) is 7. The molecule has 0 bridgehead atoms. The number of pyridine rings is 1. The Morgan fingerprint density at radius 1 is 1.31 bits per heavy atom. The lowest BCUT2D eigenvalue weighted by molar-refractivity contribution is -0.130. The van der Waals surface area contributed by atoms with E-state index in [1.54, 1.807) is 4.52 Å². The van der Waals surface area contributed by atoms with Crippen molar-refractivity contribution in [2.75, 3.05) is 31.6 Å². The third kappa shape index (κ3) is 4.23. The first-order chi connectivity index (χ1) is 14.1. The van der Waals surface area contributed by atoms with Crippen LogP contribution in [-0.4, -0.2) is 62.1 Å². The highest BCUT2D eigenvalue weighted by molar-refractivity contribution is 5.81. The van der Waals surface area contributed by atoms with E-state index in [9.17, 15) is 9.18 Å². The summed E-state index contributed by atoms with van der Waals surface area (Å²) in [6.45, 7) is 1.93. The summed E-state index contributed by atoms with van der Waals surface area (Å²) in [7, 11) is 1.83. The van der Waals surface area contributed by atoms with Crippen LogP contribution in [0.15, 0.2) is 43.1 Å². The lowest BCUT2D eigenvalue weighted by Gasteiger charge is -2.22. The summed E-state index contributed by atoms with van der Waals surface area (Å²) in [5.41, 5.74) is 1.78. The summed E-state index contributed by atoms with van der Waals surface area (Å²) < 4.78 is 14.7. The minimum Gasteiger partial charge on any atom is -0.342 e. The summed E-state index contributed by atoms with van der Waals surface area (Å²) in [6.07, 6.45) is 11.2. The topological polar surface area (TPSA) is 79.5 Å². The molecule has 4 rings (SSSR count). The standard InChI is InChI=1S/C20H22FN7O/c1-26(20-22-12-17(21)13-23-20)10-11-27-9-7-16(19(27)29)5-2-4-15-6-3-8-28-18(15)24-14-25-28/h2-4,6,8,12-14,16H,5,7,9-11H2,1H3/b4-2-/t16-/m0/s1. The number of halogens is 1. The summed E-state index contributed by atoms with van der Waals surface area (Å²) in [6, 6.07) is 3.90. The largest absolute Gasteiger partial charge is 0.342 e. The van der Waals surface area contributed by atoms with Gasteiger partial charge in [0.05, 0.1) is 12.4 Å². The van der Waals surface area contributed by atoms with E-state index in [0.717, 1.165) is 36.6 Å². The van der Waals surface area contributed by atoms with Crippen LogP contribution >= 0.6 is 0 Å². The number of carbonyl (C=O) groups is 1. The molecule has 29 heavy (non-hydrogen) atoms. The van der Waals surface area contributed by atoms with Crippen molar-refractivity contribution in [2.45, 2.75) is 12.8 Å². The monoisotopic (exact) mass is 395 g/mol. The fraction of sp³-hybridized carbons (Fsp3) is 0.350. The molecule has 0 spiro atoms. The summed E-state index contributed by atoms with van der Waals surface area (Å²) in [5.74, 6) is 0.146. The molecule has 150 valence electrons. The van der Waals surface area contributed by atoms with Gasteiger partial charge in [0.25, 0.3) is 0 Å². The molecule has 0 unspecified atom stereocenters. The van der Waals surface area contributed by atoms with E-state index >= 15 is 0 Å². The van der Waals surface area contributed by atoms with Crippen LogP contribution in [0.3, 0.4) is 0 Å². The number of likely N-dealkylation sites (tertiary alicyclic amines) is 1. The summed E-state index contributed by atoms with van der Waals surface area (Å²) >= 11 is 0. The quantitative estimate of drug-likeness (QED) is 0.609. The number of hydrogen-bond donors (Lipinski definition) is 0. The normalized spacial score (nSPS) is 17.0. The van der Waals surface area contributed by atoms with Crippen LogP contribution in [0.2, 0.25) is 0 Å². The van der Waals surface area contributed by atoms with Gasteiger partial charge in [-0.05, 0) is 25.0 Å². The Morgan fingerprint density at radius 3 is 2.97 bits per heavy atom. The molecule has 1 atom stereocenters. The Balaban J connectivity index is 1.29. The van der Waals surface area contributed by atoms with Gasteiger partial charge in [0.15, 0.2) is 11.5 Å². The smallest absolute Gasteiger partial charge is 0.226 e. The summed E-state index contributed by atoms with van der Waals surface area (Å²) in [5, 5.41) is 4.13. The first-order valence-electron chi connectivity index (χ1n) is 9.54. The van der Waals surface area contributed by atoms with Gasteiger partial charge in [0.2, 0.25) is 11.9 Å². The van der Waals surface area contributed by atoms with Crippen LogP contribution in [0.25, 0.3) is 11.7 Å². The van der Waals surface area contributed by atoms with Crippen LogP contribution < -0.4 is 4.90 Å². The molecule has 4 heterocycles. The van der Waals surface area contributed by atoms with Crippen LogP contribution in [-0.2, 0) is 4.79 Å². The maximum atomic E-state index is 12.9. The molecule has 1 saturated heterocycles. The molecule has 1 aliphatic rings. The minimum atomic E-state index is -0.465. The zero-order valence-electron chi connectivity index (χ0n) is 16.1. The fourth-order valence-corrected chi connectivity index (χ4v) is 3.48. The molecule has 3 aromatic heterocycles. The number of likely N-dealkylation sites (N-methyl/N-ethyl adjacent to an activating group) is 1. The number of anilines is 1. The van der Waals surface area contributed by atoms with E-state index in [1.807, 2.05) is 47.3 Å². The van der Waals surface area contributed by atoms with Crippen LogP contribution in [0, 0.1) is 11.7 Å². The first kappa shape index (κ1) is 19.0. The van der Waals surface area contributed by atoms with Gasteiger partial charge in [-0.3, -0.25) is 4.79 Å². The van der Waals surface area contributed by atoms with Gasteiger partial charge in [-0.25, -0.2) is 23.9 Å². The Labute approximate surface area is 167 Å². The van der Waals surface area contributed by atoms with Crippen molar-refractivity contribution in [2.24, 2.45) is 5.92 Å². The van der Waals surface area contributed by atoms with Crippen molar-refractivity contribution in [1.29, 1.82) is 0 Å². The Bertz CT molecular complexity index is 1020. The van der Waals surface area contributed by atoms with E-state index in [-0.39, 0.29) is 11.8 Å². The highest BCUT2D eigenvalue weighted by Crippen LogP contribution is 2.22. The number of carbonyl (C=O) groups excluding carboxylic acids is 1. The van der Waals surface area contributed by atoms with Gasteiger partial charge in [0, 0.05) is 44.4 Å². The molecule has 1 aliphatic heterocycles. The van der Waals surface area contributed by atoms with Gasteiger partial charge in [0.1, 0.15) is 6.33 Å². The fourth-order valence-electron chi connectivity index (χ4n) is 3.48. The zero-order valence-corrected chi connectivity index (χ0v) is 16.1. The molecule has 0 saturated carbocycles. The number of fused-ring (bicyclic) bond motifs is 1. The van der Waals surface area contributed by atoms with Crippen molar-refractivity contribution in [3.05, 3.63) is 54.5 Å². The van der Waals surface area contributed by atoms with Crippen molar-refractivity contribution < 1.29 is 9.18 Å². The molecule has 0 aliphatic carbocycles. The SMILES string of the molecule is CN(CCN1CC[C@H](C/C=C\c2cccn3ncnc23)C1=O)c1ncc(F)cn1. The maximum absolute atomic E-state index is 12.9. The second kappa shape index (κ2) is 8.34. The molecule has 3 aromatic rings. The first-order valence-corrected chi connectivity index (χ1v) is 9.54. The number of amides is 1. The average molecular weight is 395 g/mol. The number of rotatable bonds is 7. The Morgan fingerprint density at radius 2 is 2.14 bits per heavy atom. The average Bonchev–Trinajstić information content (AvgIpc) is 3.34. The third-order valence-corrected chi connectivity index (χ3v) is 5.11. The van der Waals surface area contributed by atoms with E-state index < -0.39 is 5.82 Å². The van der Waals surface area contributed by atoms with Gasteiger partial charge in [-0.15, -0.1) is 0 Å². The highest BCUT2D eigenvalue weighted by Gasteiger charge is 2.30. The number of aromatic nitrogens is 5. The van der Waals surface area contributed by atoms with Gasteiger partial charge >= 0.3 is 0 Å². The number of hydrogen-bond acceptors (Lipinski definition) is 6. The molecule has 0 radical (unpaired) electrons. The van der Waals surface area contributed by atoms with Crippen LogP contribution in [0.4, 0.5) is 10.3 Å². The van der Waals surface area contributed by atoms with Gasteiger partial charge < -0.3 is 9.80 Å². The van der Waals surface area contributed by atoms with Crippen molar-refractivity contribution in [3.8, 4) is 0 Å². The van der Waals surface area contributed by atoms with E-state index in [1.165, 1.54) is 6.33 Å². The molecule has 1 fully saturated rings. The van der Waals surface area contributed by atoms with Crippen molar-refractivity contribution in [3.63, 3.8) is 0 Å². The van der Waals surface area contributed by atoms with E-state index in [4.69, 9.17) is 0 Å². The van der Waals surface area contributed by atoms with Crippen LogP contribution in [0.1, 0.15) is 18.4 Å². The van der Waals surface area contributed by atoms with Crippen LogP contribution in [0.5, 0.6) is 0 Å². The van der Waals surface area contributed by atoms with E-state index in [2.05, 4.69) is 20.1 Å². The predicted octanol–water partition coefficient (Wildman–Crippen LogP) is 2.05. The second-order valence-electron chi connectivity index (χ2n) is 7.06. The molecule has 8 nitrogen and oxygen atoms in total. The Kier molecular flexibility index (Phi) is 5.46. The predicted molar refractivity (Wildman–Crippen MR) is 107 cm³/mol. The second-order valence-corrected chi connectivity index (χ2v) is 7.06.